The van der Waals surface area contributed by atoms with Crippen LogP contribution in [0.3, 0.4) is 0 Å². The van der Waals surface area contributed by atoms with E-state index in [4.69, 9.17) is 16.4 Å². The smallest absolute Gasteiger partial charge is 0.207 e. The van der Waals surface area contributed by atoms with Crippen LogP contribution < -0.4 is 5.48 Å². The molecule has 0 spiro atoms. The van der Waals surface area contributed by atoms with Crippen molar-refractivity contribution in [3.63, 3.8) is 0 Å². The number of hydrogen-bond donors (Lipinski definition) is 1. The predicted octanol–water partition coefficient (Wildman–Crippen LogP) is 3.81. The highest BCUT2D eigenvalue weighted by Crippen LogP contribution is 2.33. The van der Waals surface area contributed by atoms with Gasteiger partial charge in [-0.15, -0.1) is 0 Å². The molecule has 4 rings (SSSR count). The van der Waals surface area contributed by atoms with Crippen molar-refractivity contribution in [3.05, 3.63) is 82.6 Å². The maximum absolute atomic E-state index is 6.56. The molecule has 120 valence electrons. The Morgan fingerprint density at radius 3 is 2.42 bits per heavy atom. The summed E-state index contributed by atoms with van der Waals surface area (Å²) in [6.07, 6.45) is -0.523. The predicted molar refractivity (Wildman–Crippen MR) is 93.3 cm³/mol. The van der Waals surface area contributed by atoms with Crippen molar-refractivity contribution >= 4 is 17.4 Å². The summed E-state index contributed by atoms with van der Waals surface area (Å²) in [4.78, 5) is 10.2. The van der Waals surface area contributed by atoms with E-state index in [0.717, 1.165) is 22.5 Å². The lowest BCUT2D eigenvalue weighted by Gasteiger charge is -2.06. The fourth-order valence-electron chi connectivity index (χ4n) is 2.67. The molecule has 1 aliphatic heterocycles. The number of nitrogens with zero attached hydrogens (tertiary/aromatic N) is 3. The van der Waals surface area contributed by atoms with Gasteiger partial charge in [0.25, 0.3) is 0 Å². The first kappa shape index (κ1) is 14.9. The second kappa shape index (κ2) is 6.11. The van der Waals surface area contributed by atoms with Crippen molar-refractivity contribution in [1.82, 2.24) is 15.3 Å². The standard InChI is InChI=1S/C18H15ClN4O/c1-12-15(16(19)23(21-12)14-10-6-3-7-11-14)18-20-17(22-24-18)13-8-4-2-5-9-13/h2-11,18H,1H3,(H,20,22)/t18-/m1/s1. The van der Waals surface area contributed by atoms with E-state index in [9.17, 15) is 0 Å². The van der Waals surface area contributed by atoms with Crippen molar-refractivity contribution in [3.8, 4) is 5.69 Å². The van der Waals surface area contributed by atoms with Crippen LogP contribution in [0.15, 0.2) is 65.7 Å². The van der Waals surface area contributed by atoms with Crippen LogP contribution in [0.4, 0.5) is 0 Å². The van der Waals surface area contributed by atoms with Gasteiger partial charge in [-0.1, -0.05) is 60.1 Å². The molecule has 0 amide bonds. The molecule has 0 bridgehead atoms. The van der Waals surface area contributed by atoms with Crippen LogP contribution in [0.1, 0.15) is 23.0 Å². The molecular weight excluding hydrogens is 324 g/mol. The number of benzene rings is 2. The first-order chi connectivity index (χ1) is 11.7. The molecule has 0 unspecified atom stereocenters. The molecule has 2 aromatic carbocycles. The third-order valence-corrected chi connectivity index (χ3v) is 4.22. The largest absolute Gasteiger partial charge is 0.246 e. The van der Waals surface area contributed by atoms with Gasteiger partial charge in [0.2, 0.25) is 6.23 Å². The fraction of sp³-hybridized carbons (Fsp3) is 0.111. The summed E-state index contributed by atoms with van der Waals surface area (Å²) in [5.74, 6) is 0.684. The molecule has 0 saturated heterocycles. The number of aromatic nitrogens is 2. The van der Waals surface area contributed by atoms with Gasteiger partial charge in [0.1, 0.15) is 5.15 Å². The normalized spacial score (nSPS) is 16.8. The van der Waals surface area contributed by atoms with Gasteiger partial charge in [0.05, 0.1) is 16.9 Å². The maximum Gasteiger partial charge on any atom is 0.207 e. The summed E-state index contributed by atoms with van der Waals surface area (Å²) < 4.78 is 1.70. The summed E-state index contributed by atoms with van der Waals surface area (Å²) in [6, 6.07) is 19.6. The lowest BCUT2D eigenvalue weighted by Crippen LogP contribution is -2.17. The highest BCUT2D eigenvalue weighted by Gasteiger charge is 2.28. The van der Waals surface area contributed by atoms with Gasteiger partial charge in [-0.2, -0.15) is 5.10 Å². The second-order valence-corrected chi connectivity index (χ2v) is 5.81. The van der Waals surface area contributed by atoms with Crippen LogP contribution in [0, 0.1) is 6.92 Å². The average molecular weight is 339 g/mol. The van der Waals surface area contributed by atoms with Crippen LogP contribution in [0.2, 0.25) is 5.15 Å². The monoisotopic (exact) mass is 338 g/mol. The SMILES string of the molecule is Cc1nn(-c2ccccc2)c(Cl)c1[C@@H]1N=C(c2ccccc2)NO1. The molecule has 0 radical (unpaired) electrons. The number of nitrogens with one attached hydrogen (secondary N) is 1. The molecule has 1 aliphatic rings. The Hall–Kier alpha value is -2.63. The first-order valence-electron chi connectivity index (χ1n) is 7.59. The Bertz CT molecular complexity index is 890. The Kier molecular flexibility index (Phi) is 3.80. The molecule has 1 N–H and O–H groups in total. The second-order valence-electron chi connectivity index (χ2n) is 5.45. The molecule has 2 heterocycles. The van der Waals surface area contributed by atoms with Crippen LogP contribution in [-0.4, -0.2) is 15.6 Å². The minimum Gasteiger partial charge on any atom is -0.246 e. The zero-order chi connectivity index (χ0) is 16.5. The van der Waals surface area contributed by atoms with E-state index in [1.807, 2.05) is 67.6 Å². The minimum atomic E-state index is -0.523. The van der Waals surface area contributed by atoms with Gasteiger partial charge in [-0.05, 0) is 19.1 Å². The van der Waals surface area contributed by atoms with Crippen LogP contribution in [0.5, 0.6) is 0 Å². The van der Waals surface area contributed by atoms with E-state index < -0.39 is 6.23 Å². The maximum atomic E-state index is 6.56. The molecule has 1 aromatic heterocycles. The molecule has 0 fully saturated rings. The van der Waals surface area contributed by atoms with E-state index in [1.54, 1.807) is 4.68 Å². The van der Waals surface area contributed by atoms with Crippen LogP contribution in [0.25, 0.3) is 5.69 Å². The average Bonchev–Trinajstić information content (AvgIpc) is 3.21. The van der Waals surface area contributed by atoms with Crippen molar-refractivity contribution in [2.24, 2.45) is 4.99 Å². The van der Waals surface area contributed by atoms with Gasteiger partial charge >= 0.3 is 0 Å². The molecular formula is C18H15ClN4O. The minimum absolute atomic E-state index is 0.503. The zero-order valence-corrected chi connectivity index (χ0v) is 13.7. The van der Waals surface area contributed by atoms with Crippen molar-refractivity contribution < 1.29 is 4.84 Å². The van der Waals surface area contributed by atoms with Gasteiger partial charge in [0, 0.05) is 5.56 Å². The number of hydroxylamine groups is 1. The number of para-hydroxylation sites is 1. The molecule has 1 atom stereocenters. The third kappa shape index (κ3) is 2.58. The Balaban J connectivity index is 1.71. The molecule has 3 aromatic rings. The van der Waals surface area contributed by atoms with E-state index in [1.165, 1.54) is 0 Å². The number of rotatable bonds is 3. The van der Waals surface area contributed by atoms with Gasteiger partial charge in [0.15, 0.2) is 5.84 Å². The Morgan fingerprint density at radius 1 is 1.04 bits per heavy atom. The van der Waals surface area contributed by atoms with E-state index in [-0.39, 0.29) is 0 Å². The quantitative estimate of drug-likeness (QED) is 0.790. The Labute approximate surface area is 144 Å². The third-order valence-electron chi connectivity index (χ3n) is 3.86. The molecule has 24 heavy (non-hydrogen) atoms. The summed E-state index contributed by atoms with van der Waals surface area (Å²) >= 11 is 6.56. The van der Waals surface area contributed by atoms with Gasteiger partial charge in [-0.25, -0.2) is 20.0 Å². The Morgan fingerprint density at radius 2 is 1.71 bits per heavy atom. The summed E-state index contributed by atoms with van der Waals surface area (Å²) in [5.41, 5.74) is 6.29. The van der Waals surface area contributed by atoms with E-state index in [0.29, 0.717) is 11.0 Å². The van der Waals surface area contributed by atoms with Crippen LogP contribution in [-0.2, 0) is 4.84 Å². The number of amidine groups is 1. The lowest BCUT2D eigenvalue weighted by atomic mass is 10.2. The highest BCUT2D eigenvalue weighted by atomic mass is 35.5. The fourth-order valence-corrected chi connectivity index (χ4v) is 3.03. The molecule has 0 saturated carbocycles. The van der Waals surface area contributed by atoms with Crippen LogP contribution >= 0.6 is 11.6 Å². The number of hydrogen-bond acceptors (Lipinski definition) is 4. The van der Waals surface area contributed by atoms with Gasteiger partial charge < -0.3 is 0 Å². The zero-order valence-electron chi connectivity index (χ0n) is 13.0. The molecule has 6 heteroatoms. The van der Waals surface area contributed by atoms with Gasteiger partial charge in [-0.3, -0.25) is 0 Å². The van der Waals surface area contributed by atoms with E-state index in [2.05, 4.69) is 15.6 Å². The van der Waals surface area contributed by atoms with Crippen molar-refractivity contribution in [2.75, 3.05) is 0 Å². The summed E-state index contributed by atoms with van der Waals surface area (Å²) in [6.45, 7) is 1.90. The van der Waals surface area contributed by atoms with Crippen molar-refractivity contribution in [1.29, 1.82) is 0 Å². The summed E-state index contributed by atoms with van der Waals surface area (Å²) in [5, 5.41) is 5.03. The highest BCUT2D eigenvalue weighted by molar-refractivity contribution is 6.30. The lowest BCUT2D eigenvalue weighted by molar-refractivity contribution is 0.0374. The first-order valence-corrected chi connectivity index (χ1v) is 7.97. The summed E-state index contributed by atoms with van der Waals surface area (Å²) in [7, 11) is 0. The molecule has 5 nitrogen and oxygen atoms in total. The number of aryl methyl sites for hydroxylation is 1. The van der Waals surface area contributed by atoms with E-state index >= 15 is 0 Å². The number of aliphatic imine (C=N–C) groups is 1. The van der Waals surface area contributed by atoms with Crippen molar-refractivity contribution in [2.45, 2.75) is 13.2 Å². The molecule has 0 aliphatic carbocycles. The number of halogens is 1. The topological polar surface area (TPSA) is 51.4 Å².